The average molecular weight is 316 g/mol. The number of benzene rings is 2. The van der Waals surface area contributed by atoms with Crippen LogP contribution in [-0.4, -0.2) is 6.36 Å². The second-order valence-corrected chi connectivity index (χ2v) is 4.90. The van der Waals surface area contributed by atoms with Crippen LogP contribution in [0.4, 0.5) is 18.9 Å². The lowest BCUT2D eigenvalue weighted by Gasteiger charge is -2.15. The average Bonchev–Trinajstić information content (AvgIpc) is 2.39. The Morgan fingerprint density at radius 2 is 1.86 bits per heavy atom. The molecule has 0 atom stereocenters. The van der Waals surface area contributed by atoms with Gasteiger partial charge in [0.2, 0.25) is 0 Å². The van der Waals surface area contributed by atoms with Gasteiger partial charge in [0.05, 0.1) is 0 Å². The molecule has 2 aromatic carbocycles. The first-order valence-electron chi connectivity index (χ1n) is 6.19. The Bertz CT molecular complexity index is 629. The van der Waals surface area contributed by atoms with Crippen molar-refractivity contribution >= 4 is 17.3 Å². The van der Waals surface area contributed by atoms with Gasteiger partial charge in [-0.15, -0.1) is 13.2 Å². The number of halogens is 4. The topological polar surface area (TPSA) is 21.3 Å². The molecular formula is C15H13ClF3NO. The lowest BCUT2D eigenvalue weighted by atomic mass is 10.1. The molecule has 1 N–H and O–H groups in total. The quantitative estimate of drug-likeness (QED) is 0.841. The van der Waals surface area contributed by atoms with Gasteiger partial charge in [0.25, 0.3) is 0 Å². The van der Waals surface area contributed by atoms with E-state index in [-0.39, 0.29) is 12.3 Å². The first kappa shape index (κ1) is 15.5. The van der Waals surface area contributed by atoms with Crippen LogP contribution in [0.3, 0.4) is 0 Å². The van der Waals surface area contributed by atoms with Crippen LogP contribution in [-0.2, 0) is 6.54 Å². The summed E-state index contributed by atoms with van der Waals surface area (Å²) in [6.07, 6.45) is -4.71. The molecule has 0 saturated heterocycles. The number of nitrogens with one attached hydrogen (secondary N) is 1. The highest BCUT2D eigenvalue weighted by atomic mass is 35.5. The maximum absolute atomic E-state index is 12.3. The van der Waals surface area contributed by atoms with Gasteiger partial charge in [-0.25, -0.2) is 0 Å². The van der Waals surface area contributed by atoms with Crippen LogP contribution in [0.25, 0.3) is 0 Å². The van der Waals surface area contributed by atoms with Gasteiger partial charge in [-0.2, -0.15) is 0 Å². The van der Waals surface area contributed by atoms with Gasteiger partial charge in [0.15, 0.2) is 0 Å². The molecule has 6 heteroatoms. The third-order valence-corrected chi connectivity index (χ3v) is 3.10. The highest BCUT2D eigenvalue weighted by Crippen LogP contribution is 2.27. The molecule has 0 bridgehead atoms. The van der Waals surface area contributed by atoms with Crippen molar-refractivity contribution in [3.63, 3.8) is 0 Å². The van der Waals surface area contributed by atoms with E-state index in [1.54, 1.807) is 24.3 Å². The third kappa shape index (κ3) is 4.56. The van der Waals surface area contributed by atoms with Crippen molar-refractivity contribution in [1.82, 2.24) is 0 Å². The first-order chi connectivity index (χ1) is 9.85. The zero-order valence-corrected chi connectivity index (χ0v) is 11.9. The summed E-state index contributed by atoms with van der Waals surface area (Å²) in [4.78, 5) is 0. The van der Waals surface area contributed by atoms with Crippen LogP contribution < -0.4 is 10.1 Å². The number of rotatable bonds is 4. The van der Waals surface area contributed by atoms with Crippen LogP contribution in [0.1, 0.15) is 11.1 Å². The fourth-order valence-electron chi connectivity index (χ4n) is 1.85. The Labute approximate surface area is 125 Å². The fraction of sp³-hybridized carbons (Fsp3) is 0.200. The predicted octanol–water partition coefficient (Wildman–Crippen LogP) is 5.16. The molecule has 2 aromatic rings. The van der Waals surface area contributed by atoms with Crippen molar-refractivity contribution in [2.24, 2.45) is 0 Å². The van der Waals surface area contributed by atoms with Crippen molar-refractivity contribution in [3.05, 3.63) is 58.6 Å². The van der Waals surface area contributed by atoms with Crippen molar-refractivity contribution in [2.75, 3.05) is 5.32 Å². The molecule has 0 amide bonds. The molecule has 0 unspecified atom stereocenters. The van der Waals surface area contributed by atoms with Crippen molar-refractivity contribution in [1.29, 1.82) is 0 Å². The number of para-hydroxylation sites is 1. The zero-order chi connectivity index (χ0) is 15.5. The van der Waals surface area contributed by atoms with E-state index in [0.29, 0.717) is 10.6 Å². The highest BCUT2D eigenvalue weighted by molar-refractivity contribution is 6.30. The van der Waals surface area contributed by atoms with Gasteiger partial charge in [0.1, 0.15) is 5.75 Å². The van der Waals surface area contributed by atoms with E-state index in [4.69, 9.17) is 11.6 Å². The van der Waals surface area contributed by atoms with Crippen molar-refractivity contribution in [2.45, 2.75) is 19.8 Å². The van der Waals surface area contributed by atoms with E-state index in [0.717, 1.165) is 11.3 Å². The summed E-state index contributed by atoms with van der Waals surface area (Å²) in [6.45, 7) is 2.09. The summed E-state index contributed by atoms with van der Waals surface area (Å²) in [5.74, 6) is -0.211. The first-order valence-corrected chi connectivity index (χ1v) is 6.56. The Morgan fingerprint density at radius 3 is 2.57 bits per heavy atom. The lowest BCUT2D eigenvalue weighted by molar-refractivity contribution is -0.274. The van der Waals surface area contributed by atoms with Gasteiger partial charge in [0, 0.05) is 22.8 Å². The van der Waals surface area contributed by atoms with Crippen LogP contribution in [0, 0.1) is 6.92 Å². The minimum absolute atomic E-state index is 0.202. The fourth-order valence-corrected chi connectivity index (χ4v) is 2.02. The molecule has 0 radical (unpaired) electrons. The molecule has 0 aromatic heterocycles. The summed E-state index contributed by atoms with van der Waals surface area (Å²) >= 11 is 5.90. The standard InChI is InChI=1S/C15H13ClF3NO/c1-10-6-7-12(16)8-13(10)20-9-11-4-2-3-5-14(11)21-15(17,18)19/h2-8,20H,9H2,1H3. The molecule has 21 heavy (non-hydrogen) atoms. The van der Waals surface area contributed by atoms with Gasteiger partial charge in [-0.05, 0) is 30.7 Å². The number of hydrogen-bond acceptors (Lipinski definition) is 2. The van der Waals surface area contributed by atoms with Crippen LogP contribution in [0.15, 0.2) is 42.5 Å². The Kier molecular flexibility index (Phi) is 4.63. The lowest BCUT2D eigenvalue weighted by Crippen LogP contribution is -2.18. The summed E-state index contributed by atoms with van der Waals surface area (Å²) in [5, 5.41) is 3.62. The van der Waals surface area contributed by atoms with E-state index in [1.165, 1.54) is 12.1 Å². The predicted molar refractivity (Wildman–Crippen MR) is 76.6 cm³/mol. The van der Waals surface area contributed by atoms with Crippen molar-refractivity contribution in [3.8, 4) is 5.75 Å². The number of alkyl halides is 3. The maximum atomic E-state index is 12.3. The third-order valence-electron chi connectivity index (χ3n) is 2.87. The number of hydrogen-bond donors (Lipinski definition) is 1. The van der Waals surface area contributed by atoms with Gasteiger partial charge >= 0.3 is 6.36 Å². The van der Waals surface area contributed by atoms with E-state index >= 15 is 0 Å². The number of anilines is 1. The molecule has 112 valence electrons. The smallest absolute Gasteiger partial charge is 0.405 e. The van der Waals surface area contributed by atoms with Gasteiger partial charge in [-0.1, -0.05) is 35.9 Å². The van der Waals surface area contributed by atoms with Crippen LogP contribution in [0.2, 0.25) is 5.02 Å². The molecule has 0 spiro atoms. The largest absolute Gasteiger partial charge is 0.573 e. The minimum atomic E-state index is -4.71. The second-order valence-electron chi connectivity index (χ2n) is 4.47. The summed E-state index contributed by atoms with van der Waals surface area (Å²) in [7, 11) is 0. The van der Waals surface area contributed by atoms with E-state index in [2.05, 4.69) is 10.1 Å². The van der Waals surface area contributed by atoms with Crippen LogP contribution in [0.5, 0.6) is 5.75 Å². The number of aryl methyl sites for hydroxylation is 1. The molecular weight excluding hydrogens is 303 g/mol. The Hall–Kier alpha value is -1.88. The summed E-state index contributed by atoms with van der Waals surface area (Å²) < 4.78 is 41.0. The summed E-state index contributed by atoms with van der Waals surface area (Å²) in [6, 6.07) is 11.3. The molecule has 0 fully saturated rings. The van der Waals surface area contributed by atoms with Gasteiger partial charge in [-0.3, -0.25) is 0 Å². The molecule has 0 saturated carbocycles. The Balaban J connectivity index is 2.15. The molecule has 0 heterocycles. The Morgan fingerprint density at radius 1 is 1.14 bits per heavy atom. The van der Waals surface area contributed by atoms with Gasteiger partial charge < -0.3 is 10.1 Å². The highest BCUT2D eigenvalue weighted by Gasteiger charge is 2.31. The SMILES string of the molecule is Cc1ccc(Cl)cc1NCc1ccccc1OC(F)(F)F. The minimum Gasteiger partial charge on any atom is -0.405 e. The molecule has 2 rings (SSSR count). The van der Waals surface area contributed by atoms with Crippen LogP contribution >= 0.6 is 11.6 Å². The maximum Gasteiger partial charge on any atom is 0.573 e. The van der Waals surface area contributed by atoms with E-state index < -0.39 is 6.36 Å². The van der Waals surface area contributed by atoms with E-state index in [9.17, 15) is 13.2 Å². The summed E-state index contributed by atoms with van der Waals surface area (Å²) in [5.41, 5.74) is 2.13. The normalized spacial score (nSPS) is 11.3. The number of ether oxygens (including phenoxy) is 1. The second kappa shape index (κ2) is 6.26. The molecule has 0 aliphatic rings. The van der Waals surface area contributed by atoms with Crippen molar-refractivity contribution < 1.29 is 17.9 Å². The molecule has 0 aliphatic heterocycles. The zero-order valence-electron chi connectivity index (χ0n) is 11.2. The molecule has 2 nitrogen and oxygen atoms in total. The van der Waals surface area contributed by atoms with E-state index in [1.807, 2.05) is 13.0 Å². The monoisotopic (exact) mass is 315 g/mol. The molecule has 0 aliphatic carbocycles.